The Morgan fingerprint density at radius 3 is 2.26 bits per heavy atom. The molecule has 2 rings (SSSR count). The molecule has 0 atom stereocenters. The predicted molar refractivity (Wildman–Crippen MR) is 79.4 cm³/mol. The van der Waals surface area contributed by atoms with E-state index in [-0.39, 0.29) is 18.5 Å². The Hall–Kier alpha value is -1.42. The lowest BCUT2D eigenvalue weighted by Crippen LogP contribution is -2.55. The topological polar surface area (TPSA) is 78.4 Å². The van der Waals surface area contributed by atoms with Gasteiger partial charge in [-0.2, -0.15) is 13.2 Å². The van der Waals surface area contributed by atoms with Crippen molar-refractivity contribution in [1.82, 2.24) is 15.1 Å². The Labute approximate surface area is 135 Å². The molecule has 1 saturated heterocycles. The van der Waals surface area contributed by atoms with Crippen molar-refractivity contribution in [2.45, 2.75) is 50.8 Å². The van der Waals surface area contributed by atoms with E-state index in [9.17, 15) is 23.1 Å². The number of anilines is 1. The third-order valence-electron chi connectivity index (χ3n) is 3.69. The van der Waals surface area contributed by atoms with Gasteiger partial charge in [-0.05, 0) is 0 Å². The number of nitrogens with one attached hydrogen (secondary N) is 1. The summed E-state index contributed by atoms with van der Waals surface area (Å²) in [7, 11) is 0. The minimum atomic E-state index is -4.68. The molecule has 0 spiro atoms. The van der Waals surface area contributed by atoms with Crippen molar-refractivity contribution in [2.75, 3.05) is 18.4 Å². The maximum atomic E-state index is 12.7. The van der Waals surface area contributed by atoms with Crippen LogP contribution in [0, 0.1) is 0 Å². The van der Waals surface area contributed by atoms with E-state index in [4.69, 9.17) is 0 Å². The minimum absolute atomic E-state index is 0.174. The van der Waals surface area contributed by atoms with Crippen LogP contribution in [0.5, 0.6) is 0 Å². The van der Waals surface area contributed by atoms with Crippen LogP contribution in [-0.4, -0.2) is 51.1 Å². The molecular weight excluding hydrogens is 333 g/mol. The molecule has 0 bridgehead atoms. The van der Waals surface area contributed by atoms with Crippen LogP contribution in [0.2, 0.25) is 0 Å². The van der Waals surface area contributed by atoms with Crippen molar-refractivity contribution in [3.8, 4) is 0 Å². The molecule has 0 radical (unpaired) electrons. The zero-order valence-corrected chi connectivity index (χ0v) is 13.9. The number of carbonyl (C=O) groups excluding carboxylic acids is 1. The standard InChI is InChI=1S/C13H19F3N4O2S/c1-11(2,3)8-18-19-9(23-8)17-10(21)20-6-4-12(22,5-7-20)13(14,15)16/h22H,4-7H2,1-3H3,(H,17,19,21). The second-order valence-electron chi connectivity index (χ2n) is 6.61. The van der Waals surface area contributed by atoms with Crippen LogP contribution in [-0.2, 0) is 5.41 Å². The zero-order valence-electron chi connectivity index (χ0n) is 13.1. The average molecular weight is 352 g/mol. The number of likely N-dealkylation sites (tertiary alicyclic amines) is 1. The second kappa shape index (κ2) is 5.90. The second-order valence-corrected chi connectivity index (χ2v) is 7.59. The summed E-state index contributed by atoms with van der Waals surface area (Å²) < 4.78 is 38.2. The molecule has 0 saturated carbocycles. The van der Waals surface area contributed by atoms with Crippen molar-refractivity contribution >= 4 is 22.5 Å². The number of piperidine rings is 1. The highest BCUT2D eigenvalue weighted by molar-refractivity contribution is 7.15. The number of aliphatic hydroxyl groups is 1. The number of carbonyl (C=O) groups is 1. The van der Waals surface area contributed by atoms with Crippen LogP contribution in [0.3, 0.4) is 0 Å². The summed E-state index contributed by atoms with van der Waals surface area (Å²) in [6, 6.07) is -0.536. The summed E-state index contributed by atoms with van der Waals surface area (Å²) in [4.78, 5) is 13.3. The number of amides is 2. The highest BCUT2D eigenvalue weighted by Gasteiger charge is 2.54. The van der Waals surface area contributed by atoms with Gasteiger partial charge in [0.15, 0.2) is 5.60 Å². The van der Waals surface area contributed by atoms with Gasteiger partial charge in [-0.1, -0.05) is 32.1 Å². The molecule has 23 heavy (non-hydrogen) atoms. The van der Waals surface area contributed by atoms with E-state index < -0.39 is 30.7 Å². The number of halogens is 3. The highest BCUT2D eigenvalue weighted by Crippen LogP contribution is 2.38. The molecule has 6 nitrogen and oxygen atoms in total. The van der Waals surface area contributed by atoms with Crippen LogP contribution in [0.25, 0.3) is 0 Å². The van der Waals surface area contributed by atoms with Gasteiger partial charge in [-0.25, -0.2) is 4.79 Å². The molecule has 130 valence electrons. The smallest absolute Gasteiger partial charge is 0.380 e. The molecule has 2 heterocycles. The Morgan fingerprint density at radius 2 is 1.83 bits per heavy atom. The first-order chi connectivity index (χ1) is 10.4. The maximum Gasteiger partial charge on any atom is 0.417 e. The van der Waals surface area contributed by atoms with E-state index in [1.165, 1.54) is 16.2 Å². The lowest BCUT2D eigenvalue weighted by atomic mass is 9.91. The molecule has 0 unspecified atom stereocenters. The maximum absolute atomic E-state index is 12.7. The number of rotatable bonds is 1. The lowest BCUT2D eigenvalue weighted by molar-refractivity contribution is -0.271. The summed E-state index contributed by atoms with van der Waals surface area (Å²) in [6.07, 6.45) is -5.75. The first kappa shape index (κ1) is 17.9. The van der Waals surface area contributed by atoms with E-state index in [1.54, 1.807) is 0 Å². The van der Waals surface area contributed by atoms with Crippen molar-refractivity contribution in [3.05, 3.63) is 5.01 Å². The summed E-state index contributed by atoms with van der Waals surface area (Å²) in [5.41, 5.74) is -2.92. The fourth-order valence-corrected chi connectivity index (χ4v) is 2.90. The Kier molecular flexibility index (Phi) is 4.60. The number of hydrogen-bond donors (Lipinski definition) is 2. The summed E-state index contributed by atoms with van der Waals surface area (Å²) in [5, 5.41) is 21.0. The van der Waals surface area contributed by atoms with Crippen LogP contribution >= 0.6 is 11.3 Å². The molecule has 2 N–H and O–H groups in total. The molecule has 1 aromatic rings. The first-order valence-corrected chi connectivity index (χ1v) is 7.93. The van der Waals surface area contributed by atoms with Gasteiger partial charge in [-0.3, -0.25) is 5.32 Å². The van der Waals surface area contributed by atoms with Crippen LogP contribution < -0.4 is 5.32 Å². The molecule has 1 aliphatic heterocycles. The van der Waals surface area contributed by atoms with Gasteiger partial charge >= 0.3 is 12.2 Å². The van der Waals surface area contributed by atoms with E-state index in [2.05, 4.69) is 15.5 Å². The summed E-state index contributed by atoms with van der Waals surface area (Å²) in [5.74, 6) is 0. The number of aromatic nitrogens is 2. The predicted octanol–water partition coefficient (Wildman–Crippen LogP) is 2.76. The SMILES string of the molecule is CC(C)(C)c1nnc(NC(=O)N2CCC(O)(C(F)(F)F)CC2)s1. The van der Waals surface area contributed by atoms with Gasteiger partial charge in [0.2, 0.25) is 5.13 Å². The van der Waals surface area contributed by atoms with E-state index in [0.717, 1.165) is 5.01 Å². The van der Waals surface area contributed by atoms with Crippen molar-refractivity contribution < 1.29 is 23.1 Å². The fraction of sp³-hybridized carbons (Fsp3) is 0.769. The zero-order chi connectivity index (χ0) is 17.5. The third kappa shape index (κ3) is 3.92. The van der Waals surface area contributed by atoms with Gasteiger partial charge in [0.1, 0.15) is 5.01 Å². The minimum Gasteiger partial charge on any atom is -0.380 e. The van der Waals surface area contributed by atoms with Crippen molar-refractivity contribution in [1.29, 1.82) is 0 Å². The summed E-state index contributed by atoms with van der Waals surface area (Å²) >= 11 is 1.23. The first-order valence-electron chi connectivity index (χ1n) is 7.11. The Bertz CT molecular complexity index is 575. The molecule has 2 amide bonds. The fourth-order valence-electron chi connectivity index (χ4n) is 2.11. The van der Waals surface area contributed by atoms with Crippen molar-refractivity contribution in [3.63, 3.8) is 0 Å². The molecular formula is C13H19F3N4O2S. The van der Waals surface area contributed by atoms with Gasteiger partial charge < -0.3 is 10.0 Å². The van der Waals surface area contributed by atoms with Crippen LogP contribution in [0.15, 0.2) is 0 Å². The van der Waals surface area contributed by atoms with E-state index in [0.29, 0.717) is 5.13 Å². The Morgan fingerprint density at radius 1 is 1.26 bits per heavy atom. The number of nitrogens with zero attached hydrogens (tertiary/aromatic N) is 3. The molecule has 1 fully saturated rings. The molecule has 0 aromatic carbocycles. The molecule has 1 aromatic heterocycles. The molecule has 10 heteroatoms. The molecule has 0 aliphatic carbocycles. The van der Waals surface area contributed by atoms with Gasteiger partial charge in [0.25, 0.3) is 0 Å². The lowest BCUT2D eigenvalue weighted by Gasteiger charge is -2.38. The molecule has 1 aliphatic rings. The monoisotopic (exact) mass is 352 g/mol. The number of hydrogen-bond acceptors (Lipinski definition) is 5. The normalized spacial score (nSPS) is 18.8. The Balaban J connectivity index is 1.95. The third-order valence-corrected chi connectivity index (χ3v) is 4.95. The van der Waals surface area contributed by atoms with E-state index >= 15 is 0 Å². The number of urea groups is 1. The van der Waals surface area contributed by atoms with Crippen LogP contribution in [0.4, 0.5) is 23.1 Å². The van der Waals surface area contributed by atoms with Gasteiger partial charge in [-0.15, -0.1) is 10.2 Å². The van der Waals surface area contributed by atoms with Crippen molar-refractivity contribution in [2.24, 2.45) is 0 Å². The average Bonchev–Trinajstić information content (AvgIpc) is 2.86. The summed E-state index contributed by atoms with van der Waals surface area (Å²) in [6.45, 7) is 5.53. The largest absolute Gasteiger partial charge is 0.417 e. The van der Waals surface area contributed by atoms with Gasteiger partial charge in [0.05, 0.1) is 0 Å². The number of alkyl halides is 3. The highest BCUT2D eigenvalue weighted by atomic mass is 32.1. The van der Waals surface area contributed by atoms with Gasteiger partial charge in [0, 0.05) is 31.3 Å². The van der Waals surface area contributed by atoms with Crippen LogP contribution in [0.1, 0.15) is 38.6 Å². The quantitative estimate of drug-likeness (QED) is 0.815. The van der Waals surface area contributed by atoms with E-state index in [1.807, 2.05) is 20.8 Å².